The highest BCUT2D eigenvalue weighted by molar-refractivity contribution is 5.21. The SMILES string of the molecule is NCCc1c(C2CCOCC2)[nH]c(=O)[nH]c1=O. The molecule has 0 saturated carbocycles. The minimum atomic E-state index is -0.447. The van der Waals surface area contributed by atoms with Crippen LogP contribution in [0.5, 0.6) is 0 Å². The topological polar surface area (TPSA) is 101 Å². The highest BCUT2D eigenvalue weighted by atomic mass is 16.5. The lowest BCUT2D eigenvalue weighted by Gasteiger charge is -2.23. The summed E-state index contributed by atoms with van der Waals surface area (Å²) >= 11 is 0. The van der Waals surface area contributed by atoms with Gasteiger partial charge in [-0.25, -0.2) is 4.79 Å². The second kappa shape index (κ2) is 5.29. The Kier molecular flexibility index (Phi) is 3.75. The van der Waals surface area contributed by atoms with Gasteiger partial charge >= 0.3 is 5.69 Å². The number of aromatic amines is 2. The number of nitrogens with two attached hydrogens (primary N) is 1. The molecule has 0 aliphatic carbocycles. The highest BCUT2D eigenvalue weighted by Gasteiger charge is 2.21. The summed E-state index contributed by atoms with van der Waals surface area (Å²) in [5, 5.41) is 0. The fraction of sp³-hybridized carbons (Fsp3) is 0.636. The van der Waals surface area contributed by atoms with Crippen LogP contribution in [0.2, 0.25) is 0 Å². The molecule has 4 N–H and O–H groups in total. The van der Waals surface area contributed by atoms with Crippen LogP contribution in [-0.4, -0.2) is 29.7 Å². The predicted octanol–water partition coefficient (Wildman–Crippen LogP) is -0.542. The fourth-order valence-electron chi connectivity index (χ4n) is 2.26. The lowest BCUT2D eigenvalue weighted by Crippen LogP contribution is -2.31. The highest BCUT2D eigenvalue weighted by Crippen LogP contribution is 2.25. The molecule has 2 heterocycles. The maximum absolute atomic E-state index is 11.7. The molecule has 6 heteroatoms. The first kappa shape index (κ1) is 12.1. The summed E-state index contributed by atoms with van der Waals surface area (Å²) in [6, 6.07) is 0. The molecule has 1 saturated heterocycles. The first-order valence-corrected chi connectivity index (χ1v) is 5.85. The Morgan fingerprint density at radius 2 is 1.94 bits per heavy atom. The third-order valence-electron chi connectivity index (χ3n) is 3.10. The number of H-pyrrole nitrogens is 2. The van der Waals surface area contributed by atoms with Crippen molar-refractivity contribution in [1.29, 1.82) is 0 Å². The van der Waals surface area contributed by atoms with Gasteiger partial charge in [-0.3, -0.25) is 9.78 Å². The van der Waals surface area contributed by atoms with Crippen molar-refractivity contribution in [1.82, 2.24) is 9.97 Å². The van der Waals surface area contributed by atoms with E-state index < -0.39 is 5.69 Å². The summed E-state index contributed by atoms with van der Waals surface area (Å²) in [5.41, 5.74) is 6.08. The van der Waals surface area contributed by atoms with Gasteiger partial charge < -0.3 is 15.5 Å². The molecular weight excluding hydrogens is 222 g/mol. The number of hydrogen-bond acceptors (Lipinski definition) is 4. The van der Waals surface area contributed by atoms with E-state index in [1.165, 1.54) is 0 Å². The molecule has 17 heavy (non-hydrogen) atoms. The largest absolute Gasteiger partial charge is 0.381 e. The van der Waals surface area contributed by atoms with Crippen molar-refractivity contribution in [3.63, 3.8) is 0 Å². The minimum absolute atomic E-state index is 0.195. The van der Waals surface area contributed by atoms with Crippen LogP contribution in [0.25, 0.3) is 0 Å². The summed E-state index contributed by atoms with van der Waals surface area (Å²) in [6.45, 7) is 1.73. The van der Waals surface area contributed by atoms with Gasteiger partial charge in [-0.05, 0) is 25.8 Å². The third kappa shape index (κ3) is 2.65. The Morgan fingerprint density at radius 1 is 1.24 bits per heavy atom. The van der Waals surface area contributed by atoms with Crippen LogP contribution in [0, 0.1) is 0 Å². The van der Waals surface area contributed by atoms with Crippen molar-refractivity contribution >= 4 is 0 Å². The van der Waals surface area contributed by atoms with E-state index >= 15 is 0 Å². The van der Waals surface area contributed by atoms with Gasteiger partial charge in [-0.2, -0.15) is 0 Å². The third-order valence-corrected chi connectivity index (χ3v) is 3.10. The molecule has 0 unspecified atom stereocenters. The van der Waals surface area contributed by atoms with Crippen LogP contribution in [0.3, 0.4) is 0 Å². The first-order chi connectivity index (χ1) is 8.22. The number of hydrogen-bond donors (Lipinski definition) is 3. The molecule has 94 valence electrons. The Bertz CT molecular complexity index is 485. The van der Waals surface area contributed by atoms with Crippen LogP contribution in [0.15, 0.2) is 9.59 Å². The Morgan fingerprint density at radius 3 is 2.59 bits per heavy atom. The maximum atomic E-state index is 11.7. The molecule has 1 aliphatic rings. The number of nitrogens with one attached hydrogen (secondary N) is 2. The Balaban J connectivity index is 2.42. The van der Waals surface area contributed by atoms with Gasteiger partial charge in [0, 0.05) is 30.4 Å². The molecule has 1 aliphatic heterocycles. The van der Waals surface area contributed by atoms with E-state index in [-0.39, 0.29) is 11.5 Å². The van der Waals surface area contributed by atoms with Crippen molar-refractivity contribution in [3.05, 3.63) is 32.1 Å². The number of ether oxygens (including phenoxy) is 1. The molecule has 1 aromatic heterocycles. The molecule has 0 spiro atoms. The van der Waals surface area contributed by atoms with E-state index in [1.807, 2.05) is 0 Å². The van der Waals surface area contributed by atoms with E-state index in [0.29, 0.717) is 31.7 Å². The second-order valence-corrected chi connectivity index (χ2v) is 4.23. The van der Waals surface area contributed by atoms with Gasteiger partial charge in [0.2, 0.25) is 0 Å². The molecule has 1 fully saturated rings. The lowest BCUT2D eigenvalue weighted by molar-refractivity contribution is 0.0842. The summed E-state index contributed by atoms with van der Waals surface area (Å²) in [7, 11) is 0. The van der Waals surface area contributed by atoms with E-state index in [1.54, 1.807) is 0 Å². The van der Waals surface area contributed by atoms with Crippen molar-refractivity contribution in [2.45, 2.75) is 25.2 Å². The van der Waals surface area contributed by atoms with Gasteiger partial charge in [0.05, 0.1) is 0 Å². The Labute approximate surface area is 98.2 Å². The zero-order valence-corrected chi connectivity index (χ0v) is 9.62. The van der Waals surface area contributed by atoms with Gasteiger partial charge in [0.25, 0.3) is 5.56 Å². The average Bonchev–Trinajstić information content (AvgIpc) is 2.33. The van der Waals surface area contributed by atoms with E-state index in [0.717, 1.165) is 18.5 Å². The second-order valence-electron chi connectivity index (χ2n) is 4.23. The zero-order chi connectivity index (χ0) is 12.3. The van der Waals surface area contributed by atoms with Gasteiger partial charge in [-0.1, -0.05) is 0 Å². The lowest BCUT2D eigenvalue weighted by atomic mass is 9.92. The van der Waals surface area contributed by atoms with Crippen LogP contribution >= 0.6 is 0 Å². The molecule has 1 aromatic rings. The summed E-state index contributed by atoms with van der Waals surface area (Å²) in [5.74, 6) is 0.195. The van der Waals surface area contributed by atoms with Crippen molar-refractivity contribution in [2.24, 2.45) is 5.73 Å². The van der Waals surface area contributed by atoms with Crippen molar-refractivity contribution in [3.8, 4) is 0 Å². The minimum Gasteiger partial charge on any atom is -0.381 e. The molecule has 0 atom stereocenters. The molecule has 0 bridgehead atoms. The van der Waals surface area contributed by atoms with Crippen molar-refractivity contribution < 1.29 is 4.74 Å². The van der Waals surface area contributed by atoms with Crippen molar-refractivity contribution in [2.75, 3.05) is 19.8 Å². The predicted molar refractivity (Wildman–Crippen MR) is 63.2 cm³/mol. The molecule has 2 rings (SSSR count). The molecule has 0 amide bonds. The van der Waals surface area contributed by atoms with Crippen LogP contribution < -0.4 is 17.0 Å². The molecule has 0 aromatic carbocycles. The van der Waals surface area contributed by atoms with E-state index in [4.69, 9.17) is 10.5 Å². The Hall–Kier alpha value is -1.40. The maximum Gasteiger partial charge on any atom is 0.325 e. The molecule has 0 radical (unpaired) electrons. The van der Waals surface area contributed by atoms with E-state index in [2.05, 4.69) is 9.97 Å². The summed E-state index contributed by atoms with van der Waals surface area (Å²) < 4.78 is 5.28. The number of rotatable bonds is 3. The smallest absolute Gasteiger partial charge is 0.325 e. The van der Waals surface area contributed by atoms with Gasteiger partial charge in [0.1, 0.15) is 0 Å². The van der Waals surface area contributed by atoms with Crippen LogP contribution in [0.4, 0.5) is 0 Å². The fourth-order valence-corrected chi connectivity index (χ4v) is 2.26. The quantitative estimate of drug-likeness (QED) is 0.659. The van der Waals surface area contributed by atoms with Crippen LogP contribution in [-0.2, 0) is 11.2 Å². The zero-order valence-electron chi connectivity index (χ0n) is 9.62. The molecule has 6 nitrogen and oxygen atoms in total. The summed E-state index contributed by atoms with van der Waals surface area (Å²) in [4.78, 5) is 28.1. The first-order valence-electron chi connectivity index (χ1n) is 5.85. The normalized spacial score (nSPS) is 17.2. The summed E-state index contributed by atoms with van der Waals surface area (Å²) in [6.07, 6.45) is 2.15. The van der Waals surface area contributed by atoms with E-state index in [9.17, 15) is 9.59 Å². The standard InChI is InChI=1S/C11H17N3O3/c12-4-1-8-9(7-2-5-17-6-3-7)13-11(16)14-10(8)15/h7H,1-6,12H2,(H2,13,14,15,16). The van der Waals surface area contributed by atoms with Crippen LogP contribution in [0.1, 0.15) is 30.0 Å². The van der Waals surface area contributed by atoms with Gasteiger partial charge in [0.15, 0.2) is 0 Å². The van der Waals surface area contributed by atoms with Gasteiger partial charge in [-0.15, -0.1) is 0 Å². The molecular formula is C11H17N3O3. The monoisotopic (exact) mass is 239 g/mol. The average molecular weight is 239 g/mol. The number of aromatic nitrogens is 2.